The van der Waals surface area contributed by atoms with Gasteiger partial charge in [-0.1, -0.05) is 61.0 Å². The van der Waals surface area contributed by atoms with Crippen LogP contribution in [0.5, 0.6) is 0 Å². The summed E-state index contributed by atoms with van der Waals surface area (Å²) in [5.41, 5.74) is 0.771. The summed E-state index contributed by atoms with van der Waals surface area (Å²) in [7, 11) is 0. The fourth-order valence-corrected chi connectivity index (χ4v) is 6.67. The number of fused-ring (bicyclic) bond motifs is 1. The van der Waals surface area contributed by atoms with E-state index in [9.17, 15) is 19.5 Å². The number of anilines is 1. The van der Waals surface area contributed by atoms with Gasteiger partial charge in [0.25, 0.3) is 0 Å². The van der Waals surface area contributed by atoms with Crippen molar-refractivity contribution in [1.29, 1.82) is 0 Å². The summed E-state index contributed by atoms with van der Waals surface area (Å²) in [6.07, 6.45) is 1.37. The number of ether oxygens (including phenoxy) is 1. The lowest BCUT2D eigenvalue weighted by Gasteiger charge is -2.37. The Kier molecular flexibility index (Phi) is 7.00. The Balaban J connectivity index is 1.59. The number of nitrogens with one attached hydrogen (secondary N) is 2. The molecule has 0 aromatic heterocycles. The van der Waals surface area contributed by atoms with Crippen molar-refractivity contribution in [2.24, 2.45) is 11.8 Å². The first-order chi connectivity index (χ1) is 17.8. The normalized spacial score (nSPS) is 28.8. The number of carbonyl (C=O) groups excluding carboxylic acids is 3. The molecule has 9 heteroatoms. The van der Waals surface area contributed by atoms with Crippen LogP contribution in [0.2, 0.25) is 5.02 Å². The summed E-state index contributed by atoms with van der Waals surface area (Å²) < 4.78 is 6.46. The van der Waals surface area contributed by atoms with E-state index >= 15 is 0 Å². The summed E-state index contributed by atoms with van der Waals surface area (Å²) in [4.78, 5) is 42.9. The molecule has 0 saturated carbocycles. The number of amides is 3. The maximum absolute atomic E-state index is 14.2. The molecule has 0 radical (unpaired) electrons. The number of likely N-dealkylation sites (tertiary alicyclic amines) is 1. The van der Waals surface area contributed by atoms with Crippen LogP contribution >= 0.6 is 11.6 Å². The zero-order chi connectivity index (χ0) is 26.3. The molecule has 2 aromatic rings. The van der Waals surface area contributed by atoms with Gasteiger partial charge in [-0.05, 0) is 43.4 Å². The average Bonchev–Trinajstić information content (AvgIpc) is 3.54. The predicted octanol–water partition coefficient (Wildman–Crippen LogP) is 3.22. The maximum atomic E-state index is 14.2. The quantitative estimate of drug-likeness (QED) is 0.490. The van der Waals surface area contributed by atoms with Gasteiger partial charge in [0.1, 0.15) is 11.6 Å². The van der Waals surface area contributed by atoms with Gasteiger partial charge >= 0.3 is 0 Å². The van der Waals surface area contributed by atoms with Gasteiger partial charge in [-0.25, -0.2) is 0 Å². The Labute approximate surface area is 221 Å². The smallest absolute Gasteiger partial charge is 0.250 e. The van der Waals surface area contributed by atoms with E-state index in [4.69, 9.17) is 16.3 Å². The largest absolute Gasteiger partial charge is 0.394 e. The van der Waals surface area contributed by atoms with E-state index < -0.39 is 41.5 Å². The number of nitrogens with zero attached hydrogens (tertiary/aromatic N) is 1. The van der Waals surface area contributed by atoms with Gasteiger partial charge in [0.2, 0.25) is 17.7 Å². The Morgan fingerprint density at radius 2 is 1.95 bits per heavy atom. The van der Waals surface area contributed by atoms with E-state index in [1.54, 1.807) is 12.1 Å². The molecule has 3 aliphatic rings. The van der Waals surface area contributed by atoms with Crippen LogP contribution in [0.1, 0.15) is 43.4 Å². The molecule has 3 N–H and O–H groups in total. The SMILES string of the molecule is CCCNC(=O)[C@@H]1[C@H]2C(=O)N([C@H](CO)c3ccccc3)C(C(=O)Nc3c(C)cccc3Cl)C23CC[C@H]1O3. The molecule has 0 aliphatic carbocycles. The van der Waals surface area contributed by atoms with Gasteiger partial charge in [-0.2, -0.15) is 0 Å². The third-order valence-corrected chi connectivity index (χ3v) is 8.32. The molecule has 3 aliphatic heterocycles. The van der Waals surface area contributed by atoms with Crippen molar-refractivity contribution in [1.82, 2.24) is 10.2 Å². The number of hydrogen-bond donors (Lipinski definition) is 3. The standard InChI is InChI=1S/C28H32ClN3O5/c1-3-14-30-25(34)21-20-12-13-28(37-20)22(21)27(36)32(19(15-33)17-9-5-4-6-10-17)24(28)26(35)31-23-16(2)8-7-11-18(23)29/h4-11,19-22,24,33H,3,12-15H2,1-2H3,(H,30,34)(H,31,35)/t19-,20-,21+,22+,24?,28?/m1/s1. The third-order valence-electron chi connectivity index (χ3n) is 8.00. The van der Waals surface area contributed by atoms with Crippen molar-refractivity contribution in [3.8, 4) is 0 Å². The van der Waals surface area contributed by atoms with Crippen LogP contribution in [0.4, 0.5) is 5.69 Å². The molecular formula is C28H32ClN3O5. The van der Waals surface area contributed by atoms with Gasteiger partial charge in [0.05, 0.1) is 41.3 Å². The van der Waals surface area contributed by atoms with E-state index in [1.807, 2.05) is 50.2 Å². The van der Waals surface area contributed by atoms with E-state index in [1.165, 1.54) is 4.90 Å². The van der Waals surface area contributed by atoms with Gasteiger partial charge < -0.3 is 25.4 Å². The number of aryl methyl sites for hydroxylation is 1. The van der Waals surface area contributed by atoms with Crippen molar-refractivity contribution >= 4 is 35.0 Å². The summed E-state index contributed by atoms with van der Waals surface area (Å²) in [6, 6.07) is 12.6. The molecule has 6 atom stereocenters. The van der Waals surface area contributed by atoms with Crippen LogP contribution in [-0.2, 0) is 19.1 Å². The number of hydrogen-bond acceptors (Lipinski definition) is 5. The van der Waals surface area contributed by atoms with Gasteiger partial charge in [0.15, 0.2) is 0 Å². The monoisotopic (exact) mass is 525 g/mol. The molecule has 37 heavy (non-hydrogen) atoms. The third kappa shape index (κ3) is 4.11. The van der Waals surface area contributed by atoms with Crippen molar-refractivity contribution in [2.45, 2.75) is 56.9 Å². The lowest BCUT2D eigenvalue weighted by molar-refractivity contribution is -0.144. The molecule has 5 rings (SSSR count). The van der Waals surface area contributed by atoms with E-state index in [0.29, 0.717) is 35.7 Å². The Morgan fingerprint density at radius 1 is 1.19 bits per heavy atom. The van der Waals surface area contributed by atoms with Gasteiger partial charge in [-0.15, -0.1) is 0 Å². The summed E-state index contributed by atoms with van der Waals surface area (Å²) in [6.45, 7) is 3.92. The molecule has 2 aromatic carbocycles. The maximum Gasteiger partial charge on any atom is 0.250 e. The van der Waals surface area contributed by atoms with Gasteiger partial charge in [0, 0.05) is 6.54 Å². The number of benzene rings is 2. The Morgan fingerprint density at radius 3 is 2.62 bits per heavy atom. The topological polar surface area (TPSA) is 108 Å². The molecule has 8 nitrogen and oxygen atoms in total. The fraction of sp³-hybridized carbons (Fsp3) is 0.464. The van der Waals surface area contributed by atoms with Crippen LogP contribution in [0.3, 0.4) is 0 Å². The minimum Gasteiger partial charge on any atom is -0.394 e. The van der Waals surface area contributed by atoms with Crippen LogP contribution in [0.25, 0.3) is 0 Å². The first kappa shape index (κ1) is 25.7. The van der Waals surface area contributed by atoms with Crippen LogP contribution in [-0.4, -0.2) is 58.6 Å². The van der Waals surface area contributed by atoms with Crippen LogP contribution < -0.4 is 10.6 Å². The van der Waals surface area contributed by atoms with E-state index in [0.717, 1.165) is 12.0 Å². The number of halogens is 1. The zero-order valence-electron chi connectivity index (χ0n) is 20.9. The van der Waals surface area contributed by atoms with Crippen LogP contribution in [0.15, 0.2) is 48.5 Å². The highest BCUT2D eigenvalue weighted by atomic mass is 35.5. The number of aliphatic hydroxyl groups excluding tert-OH is 1. The lowest BCUT2D eigenvalue weighted by Crippen LogP contribution is -2.54. The second-order valence-corrected chi connectivity index (χ2v) is 10.5. The minimum absolute atomic E-state index is 0.227. The van der Waals surface area contributed by atoms with Crippen LogP contribution in [0, 0.1) is 18.8 Å². The number of rotatable bonds is 8. The molecule has 2 bridgehead atoms. The summed E-state index contributed by atoms with van der Waals surface area (Å²) >= 11 is 6.41. The molecule has 196 valence electrons. The Bertz CT molecular complexity index is 1190. The summed E-state index contributed by atoms with van der Waals surface area (Å²) in [5.74, 6) is -2.53. The van der Waals surface area contributed by atoms with Crippen molar-refractivity contribution < 1.29 is 24.2 Å². The zero-order valence-corrected chi connectivity index (χ0v) is 21.7. The van der Waals surface area contributed by atoms with Gasteiger partial charge in [-0.3, -0.25) is 14.4 Å². The molecular weight excluding hydrogens is 494 g/mol. The second-order valence-electron chi connectivity index (χ2n) is 10.1. The average molecular weight is 526 g/mol. The number of carbonyl (C=O) groups is 3. The minimum atomic E-state index is -1.17. The van der Waals surface area contributed by atoms with Crippen molar-refractivity contribution in [2.75, 3.05) is 18.5 Å². The fourth-order valence-electron chi connectivity index (χ4n) is 6.40. The predicted molar refractivity (Wildman–Crippen MR) is 139 cm³/mol. The molecule has 2 unspecified atom stereocenters. The second kappa shape index (κ2) is 10.1. The van der Waals surface area contributed by atoms with Crippen molar-refractivity contribution in [3.63, 3.8) is 0 Å². The number of para-hydroxylation sites is 1. The highest BCUT2D eigenvalue weighted by Crippen LogP contribution is 2.59. The molecule has 1 spiro atoms. The van der Waals surface area contributed by atoms with E-state index in [2.05, 4.69) is 10.6 Å². The number of aliphatic hydroxyl groups is 1. The Hall–Kier alpha value is -2.94. The molecule has 3 amide bonds. The highest BCUT2D eigenvalue weighted by Gasteiger charge is 2.75. The first-order valence-corrected chi connectivity index (χ1v) is 13.2. The summed E-state index contributed by atoms with van der Waals surface area (Å²) in [5, 5.41) is 16.7. The molecule has 3 heterocycles. The highest BCUT2D eigenvalue weighted by molar-refractivity contribution is 6.34. The van der Waals surface area contributed by atoms with E-state index in [-0.39, 0.29) is 18.4 Å². The lowest BCUT2D eigenvalue weighted by atomic mass is 9.70. The first-order valence-electron chi connectivity index (χ1n) is 12.8. The van der Waals surface area contributed by atoms with Crippen molar-refractivity contribution in [3.05, 3.63) is 64.7 Å². The molecule has 3 fully saturated rings. The molecule has 3 saturated heterocycles.